The van der Waals surface area contributed by atoms with Crippen LogP contribution in [-0.4, -0.2) is 37.0 Å². The summed E-state index contributed by atoms with van der Waals surface area (Å²) < 4.78 is 5.61. The molecule has 1 rings (SSSR count). The van der Waals surface area contributed by atoms with Gasteiger partial charge in [0.05, 0.1) is 6.61 Å². The molecule has 0 heterocycles. The van der Waals surface area contributed by atoms with Gasteiger partial charge in [-0.25, -0.2) is 0 Å². The molecule has 90 valence electrons. The first-order valence-electron chi connectivity index (χ1n) is 5.69. The number of hydrogen-bond acceptors (Lipinski definition) is 2. The lowest BCUT2D eigenvalue weighted by Crippen LogP contribution is -2.22. The van der Waals surface area contributed by atoms with Crippen molar-refractivity contribution >= 4 is 15.9 Å². The third-order valence-corrected chi connectivity index (χ3v) is 2.76. The smallest absolute Gasteiger partial charge is 0.0716 e. The SMILES string of the molecule is CN(CCBr)CCCOCc1ccccc1. The van der Waals surface area contributed by atoms with Crippen LogP contribution in [0.3, 0.4) is 0 Å². The molecule has 0 unspecified atom stereocenters. The Morgan fingerprint density at radius 3 is 2.62 bits per heavy atom. The van der Waals surface area contributed by atoms with E-state index in [9.17, 15) is 0 Å². The summed E-state index contributed by atoms with van der Waals surface area (Å²) in [5.41, 5.74) is 1.25. The molecule has 16 heavy (non-hydrogen) atoms. The van der Waals surface area contributed by atoms with Crippen molar-refractivity contribution in [2.24, 2.45) is 0 Å². The maximum atomic E-state index is 5.61. The Morgan fingerprint density at radius 1 is 1.19 bits per heavy atom. The fourth-order valence-electron chi connectivity index (χ4n) is 1.46. The maximum absolute atomic E-state index is 5.61. The zero-order chi connectivity index (χ0) is 11.6. The lowest BCUT2D eigenvalue weighted by Gasteiger charge is -2.14. The summed E-state index contributed by atoms with van der Waals surface area (Å²) >= 11 is 3.43. The second-order valence-corrected chi connectivity index (χ2v) is 4.68. The Morgan fingerprint density at radius 2 is 1.94 bits per heavy atom. The number of halogens is 1. The van der Waals surface area contributed by atoms with Crippen LogP contribution in [0.25, 0.3) is 0 Å². The van der Waals surface area contributed by atoms with Gasteiger partial charge >= 0.3 is 0 Å². The molecule has 0 bridgehead atoms. The van der Waals surface area contributed by atoms with E-state index in [1.54, 1.807) is 0 Å². The van der Waals surface area contributed by atoms with Gasteiger partial charge in [-0.3, -0.25) is 0 Å². The zero-order valence-corrected chi connectivity index (χ0v) is 11.4. The summed E-state index contributed by atoms with van der Waals surface area (Å²) in [5, 5.41) is 1.04. The van der Waals surface area contributed by atoms with Gasteiger partial charge in [-0.05, 0) is 19.0 Å². The van der Waals surface area contributed by atoms with Crippen LogP contribution >= 0.6 is 15.9 Å². The monoisotopic (exact) mass is 285 g/mol. The van der Waals surface area contributed by atoms with Crippen molar-refractivity contribution in [3.8, 4) is 0 Å². The molecule has 0 aromatic heterocycles. The van der Waals surface area contributed by atoms with Gasteiger partial charge in [0.15, 0.2) is 0 Å². The molecule has 1 aromatic rings. The molecule has 0 aliphatic rings. The lowest BCUT2D eigenvalue weighted by molar-refractivity contribution is 0.112. The fourth-order valence-corrected chi connectivity index (χ4v) is 2.06. The molecule has 0 radical (unpaired) electrons. The van der Waals surface area contributed by atoms with Crippen LogP contribution in [0.1, 0.15) is 12.0 Å². The van der Waals surface area contributed by atoms with Crippen molar-refractivity contribution in [2.75, 3.05) is 32.1 Å². The largest absolute Gasteiger partial charge is 0.377 e. The van der Waals surface area contributed by atoms with Crippen LogP contribution in [-0.2, 0) is 11.3 Å². The minimum atomic E-state index is 0.725. The minimum Gasteiger partial charge on any atom is -0.377 e. The molecule has 0 saturated heterocycles. The van der Waals surface area contributed by atoms with Crippen LogP contribution in [0.2, 0.25) is 0 Å². The second kappa shape index (κ2) is 8.74. The molecular weight excluding hydrogens is 266 g/mol. The lowest BCUT2D eigenvalue weighted by atomic mass is 10.2. The van der Waals surface area contributed by atoms with E-state index in [1.807, 2.05) is 18.2 Å². The average molecular weight is 286 g/mol. The highest BCUT2D eigenvalue weighted by atomic mass is 79.9. The second-order valence-electron chi connectivity index (χ2n) is 3.88. The molecule has 2 nitrogen and oxygen atoms in total. The van der Waals surface area contributed by atoms with Gasteiger partial charge in [0, 0.05) is 25.0 Å². The molecule has 0 spiro atoms. The quantitative estimate of drug-likeness (QED) is 0.538. The minimum absolute atomic E-state index is 0.725. The molecule has 0 atom stereocenters. The first-order chi connectivity index (χ1) is 7.83. The summed E-state index contributed by atoms with van der Waals surface area (Å²) in [6.45, 7) is 3.75. The maximum Gasteiger partial charge on any atom is 0.0716 e. The molecule has 0 aliphatic heterocycles. The average Bonchev–Trinajstić information content (AvgIpc) is 2.30. The number of nitrogens with zero attached hydrogens (tertiary/aromatic N) is 1. The van der Waals surface area contributed by atoms with Gasteiger partial charge < -0.3 is 9.64 Å². The Labute approximate surface area is 107 Å². The molecule has 0 aliphatic carbocycles. The van der Waals surface area contributed by atoms with E-state index in [1.165, 1.54) is 5.56 Å². The van der Waals surface area contributed by atoms with Crippen molar-refractivity contribution < 1.29 is 4.74 Å². The molecule has 0 N–H and O–H groups in total. The van der Waals surface area contributed by atoms with Crippen molar-refractivity contribution in [3.63, 3.8) is 0 Å². The third-order valence-electron chi connectivity index (χ3n) is 2.41. The predicted molar refractivity (Wildman–Crippen MR) is 72.0 cm³/mol. The predicted octanol–water partition coefficient (Wildman–Crippen LogP) is 2.92. The van der Waals surface area contributed by atoms with Crippen LogP contribution < -0.4 is 0 Å². The number of hydrogen-bond donors (Lipinski definition) is 0. The summed E-state index contributed by atoms with van der Waals surface area (Å²) in [7, 11) is 2.14. The van der Waals surface area contributed by atoms with E-state index >= 15 is 0 Å². The van der Waals surface area contributed by atoms with Crippen LogP contribution in [0.5, 0.6) is 0 Å². The van der Waals surface area contributed by atoms with Crippen LogP contribution in [0.15, 0.2) is 30.3 Å². The molecule has 0 saturated carbocycles. The summed E-state index contributed by atoms with van der Waals surface area (Å²) in [5.74, 6) is 0. The Bertz CT molecular complexity index is 266. The normalized spacial score (nSPS) is 10.9. The van der Waals surface area contributed by atoms with Gasteiger partial charge in [0.25, 0.3) is 0 Å². The van der Waals surface area contributed by atoms with E-state index < -0.39 is 0 Å². The number of alkyl halides is 1. The van der Waals surface area contributed by atoms with E-state index in [0.717, 1.165) is 38.1 Å². The van der Waals surface area contributed by atoms with Gasteiger partial charge in [0.1, 0.15) is 0 Å². The van der Waals surface area contributed by atoms with Crippen molar-refractivity contribution in [1.82, 2.24) is 4.90 Å². The van der Waals surface area contributed by atoms with Crippen LogP contribution in [0, 0.1) is 0 Å². The zero-order valence-electron chi connectivity index (χ0n) is 9.86. The van der Waals surface area contributed by atoms with Crippen molar-refractivity contribution in [2.45, 2.75) is 13.0 Å². The van der Waals surface area contributed by atoms with E-state index in [2.05, 4.69) is 40.0 Å². The molecule has 0 fully saturated rings. The van der Waals surface area contributed by atoms with Gasteiger partial charge in [-0.15, -0.1) is 0 Å². The molecule has 1 aromatic carbocycles. The number of rotatable bonds is 8. The summed E-state index contributed by atoms with van der Waals surface area (Å²) in [4.78, 5) is 2.31. The highest BCUT2D eigenvalue weighted by Crippen LogP contribution is 2.01. The van der Waals surface area contributed by atoms with Crippen LogP contribution in [0.4, 0.5) is 0 Å². The van der Waals surface area contributed by atoms with Gasteiger partial charge in [0.2, 0.25) is 0 Å². The van der Waals surface area contributed by atoms with Crippen molar-refractivity contribution in [1.29, 1.82) is 0 Å². The highest BCUT2D eigenvalue weighted by molar-refractivity contribution is 9.09. The topological polar surface area (TPSA) is 12.5 Å². The Kier molecular flexibility index (Phi) is 7.47. The number of ether oxygens (including phenoxy) is 1. The van der Waals surface area contributed by atoms with E-state index in [0.29, 0.717) is 0 Å². The molecule has 3 heteroatoms. The summed E-state index contributed by atoms with van der Waals surface area (Å²) in [6.07, 6.45) is 1.09. The Hall–Kier alpha value is -0.380. The van der Waals surface area contributed by atoms with Crippen molar-refractivity contribution in [3.05, 3.63) is 35.9 Å². The third kappa shape index (κ3) is 6.26. The first-order valence-corrected chi connectivity index (χ1v) is 6.81. The van der Waals surface area contributed by atoms with Gasteiger partial charge in [-0.2, -0.15) is 0 Å². The van der Waals surface area contributed by atoms with E-state index in [4.69, 9.17) is 4.74 Å². The first kappa shape index (κ1) is 13.7. The molecular formula is C13H20BrNO. The molecule has 0 amide bonds. The van der Waals surface area contributed by atoms with Gasteiger partial charge in [-0.1, -0.05) is 46.3 Å². The fraction of sp³-hybridized carbons (Fsp3) is 0.538. The summed E-state index contributed by atoms with van der Waals surface area (Å²) in [6, 6.07) is 10.3. The standard InChI is InChI=1S/C13H20BrNO/c1-15(10-8-14)9-5-11-16-12-13-6-3-2-4-7-13/h2-4,6-7H,5,8-12H2,1H3. The van der Waals surface area contributed by atoms with E-state index in [-0.39, 0.29) is 0 Å². The number of benzene rings is 1. The Balaban J connectivity index is 2.00. The highest BCUT2D eigenvalue weighted by Gasteiger charge is 1.97.